The van der Waals surface area contributed by atoms with Gasteiger partial charge in [0.15, 0.2) is 0 Å². The maximum absolute atomic E-state index is 11.8. The zero-order chi connectivity index (χ0) is 15.6. The highest BCUT2D eigenvalue weighted by atomic mass is 16.5. The van der Waals surface area contributed by atoms with Gasteiger partial charge in [-0.25, -0.2) is 4.79 Å². The second kappa shape index (κ2) is 5.78. The standard InChI is InChI=1S/C10H10N6O5/c11-1-4-2-16(10(20)13-8(4)19)9-6(14-15-12)7(18)5(3-17)21-9/h2,5-7,9,17-18H,3H2,(H,13,19,20)/t5-,6-,7-,9-/m1/s1. The number of nitrogens with one attached hydrogen (secondary N) is 1. The van der Waals surface area contributed by atoms with Gasteiger partial charge in [0.05, 0.1) is 12.7 Å². The lowest BCUT2D eigenvalue weighted by atomic mass is 10.1. The van der Waals surface area contributed by atoms with E-state index in [0.29, 0.717) is 0 Å². The van der Waals surface area contributed by atoms with E-state index in [1.54, 1.807) is 6.07 Å². The number of H-pyrrole nitrogens is 1. The first kappa shape index (κ1) is 14.8. The summed E-state index contributed by atoms with van der Waals surface area (Å²) in [5, 5.41) is 31.1. The molecule has 1 aliphatic heterocycles. The molecule has 11 nitrogen and oxygen atoms in total. The summed E-state index contributed by atoms with van der Waals surface area (Å²) in [5.74, 6) is 0. The molecule has 2 heterocycles. The smallest absolute Gasteiger partial charge is 0.330 e. The topological polar surface area (TPSA) is 177 Å². The van der Waals surface area contributed by atoms with Crippen LogP contribution in [0.4, 0.5) is 0 Å². The SMILES string of the molecule is N#Cc1cn([C@@H]2O[C@H](CO)[C@@H](O)[C@H]2N=[N+]=[N-])c(=O)[nH]c1=O. The fourth-order valence-electron chi connectivity index (χ4n) is 2.05. The first-order valence-corrected chi connectivity index (χ1v) is 5.77. The first-order chi connectivity index (χ1) is 10.0. The fourth-order valence-corrected chi connectivity index (χ4v) is 2.05. The molecule has 0 spiro atoms. The van der Waals surface area contributed by atoms with Crippen LogP contribution in [0.1, 0.15) is 11.8 Å². The predicted octanol–water partition coefficient (Wildman–Crippen LogP) is -1.66. The molecule has 0 saturated carbocycles. The van der Waals surface area contributed by atoms with Crippen molar-refractivity contribution < 1.29 is 14.9 Å². The monoisotopic (exact) mass is 294 g/mol. The summed E-state index contributed by atoms with van der Waals surface area (Å²) in [7, 11) is 0. The third-order valence-electron chi connectivity index (χ3n) is 3.06. The van der Waals surface area contributed by atoms with Crippen molar-refractivity contribution in [3.8, 4) is 6.07 Å². The van der Waals surface area contributed by atoms with Crippen molar-refractivity contribution >= 4 is 0 Å². The van der Waals surface area contributed by atoms with Crippen molar-refractivity contribution in [3.63, 3.8) is 0 Å². The zero-order valence-corrected chi connectivity index (χ0v) is 10.4. The first-order valence-electron chi connectivity index (χ1n) is 5.77. The number of aromatic amines is 1. The lowest BCUT2D eigenvalue weighted by Crippen LogP contribution is -2.37. The number of aliphatic hydroxyl groups excluding tert-OH is 2. The molecule has 0 unspecified atom stereocenters. The summed E-state index contributed by atoms with van der Waals surface area (Å²) in [6.45, 7) is -0.557. The van der Waals surface area contributed by atoms with E-state index in [-0.39, 0.29) is 5.56 Å². The summed E-state index contributed by atoms with van der Waals surface area (Å²) in [6.07, 6.45) is -2.70. The number of rotatable bonds is 3. The number of nitriles is 1. The molecular formula is C10H10N6O5. The Balaban J connectivity index is 2.55. The summed E-state index contributed by atoms with van der Waals surface area (Å²) >= 11 is 0. The predicted molar refractivity (Wildman–Crippen MR) is 66.0 cm³/mol. The van der Waals surface area contributed by atoms with Gasteiger partial charge in [0, 0.05) is 11.1 Å². The molecule has 110 valence electrons. The van der Waals surface area contributed by atoms with Gasteiger partial charge in [0.25, 0.3) is 5.56 Å². The van der Waals surface area contributed by atoms with Gasteiger partial charge in [0.2, 0.25) is 0 Å². The number of hydrogen-bond acceptors (Lipinski definition) is 7. The minimum atomic E-state index is -1.33. The van der Waals surface area contributed by atoms with Crippen LogP contribution in [0.2, 0.25) is 0 Å². The van der Waals surface area contributed by atoms with E-state index < -0.39 is 42.3 Å². The van der Waals surface area contributed by atoms with Gasteiger partial charge >= 0.3 is 5.69 Å². The third-order valence-corrected chi connectivity index (χ3v) is 3.06. The molecule has 0 amide bonds. The molecule has 1 aromatic heterocycles. The van der Waals surface area contributed by atoms with Crippen molar-refractivity contribution in [3.05, 3.63) is 43.0 Å². The third kappa shape index (κ3) is 2.51. The van der Waals surface area contributed by atoms with E-state index in [0.717, 1.165) is 10.8 Å². The molecule has 2 rings (SSSR count). The lowest BCUT2D eigenvalue weighted by molar-refractivity contribution is -0.0465. The highest BCUT2D eigenvalue weighted by molar-refractivity contribution is 5.22. The van der Waals surface area contributed by atoms with Gasteiger partial charge in [-0.05, 0) is 5.53 Å². The minimum Gasteiger partial charge on any atom is -0.394 e. The van der Waals surface area contributed by atoms with Crippen molar-refractivity contribution in [1.29, 1.82) is 5.26 Å². The second-order valence-corrected chi connectivity index (χ2v) is 4.25. The summed E-state index contributed by atoms with van der Waals surface area (Å²) in [5.41, 5.74) is 6.41. The van der Waals surface area contributed by atoms with Crippen LogP contribution < -0.4 is 11.2 Å². The van der Waals surface area contributed by atoms with Crippen LogP contribution in [-0.2, 0) is 4.74 Å². The molecule has 21 heavy (non-hydrogen) atoms. The molecular weight excluding hydrogens is 284 g/mol. The van der Waals surface area contributed by atoms with Crippen LogP contribution in [-0.4, -0.2) is 44.6 Å². The van der Waals surface area contributed by atoms with E-state index in [9.17, 15) is 14.7 Å². The summed E-state index contributed by atoms with van der Waals surface area (Å²) < 4.78 is 6.09. The Labute approximate surface area is 116 Å². The van der Waals surface area contributed by atoms with Crippen LogP contribution >= 0.6 is 0 Å². The van der Waals surface area contributed by atoms with Gasteiger partial charge in [0.1, 0.15) is 30.0 Å². The van der Waals surface area contributed by atoms with E-state index in [4.69, 9.17) is 20.6 Å². The number of ether oxygens (including phenoxy) is 1. The summed E-state index contributed by atoms with van der Waals surface area (Å²) in [6, 6.07) is 0.403. The van der Waals surface area contributed by atoms with E-state index in [1.807, 2.05) is 4.98 Å². The Morgan fingerprint density at radius 2 is 2.33 bits per heavy atom. The van der Waals surface area contributed by atoms with E-state index >= 15 is 0 Å². The van der Waals surface area contributed by atoms with E-state index in [2.05, 4.69) is 10.0 Å². The van der Waals surface area contributed by atoms with Gasteiger partial charge in [-0.2, -0.15) is 5.26 Å². The second-order valence-electron chi connectivity index (χ2n) is 4.25. The van der Waals surface area contributed by atoms with Crippen LogP contribution in [0.3, 0.4) is 0 Å². The van der Waals surface area contributed by atoms with Gasteiger partial charge in [-0.15, -0.1) is 0 Å². The van der Waals surface area contributed by atoms with Crippen LogP contribution in [0.25, 0.3) is 10.4 Å². The largest absolute Gasteiger partial charge is 0.394 e. The highest BCUT2D eigenvalue weighted by Gasteiger charge is 2.44. The number of nitrogens with zero attached hydrogens (tertiary/aromatic N) is 5. The molecule has 0 radical (unpaired) electrons. The molecule has 3 N–H and O–H groups in total. The maximum Gasteiger partial charge on any atom is 0.330 e. The van der Waals surface area contributed by atoms with Crippen molar-refractivity contribution in [2.24, 2.45) is 5.11 Å². The average Bonchev–Trinajstić information content (AvgIpc) is 2.77. The highest BCUT2D eigenvalue weighted by Crippen LogP contribution is 2.30. The Bertz CT molecular complexity index is 742. The molecule has 1 aliphatic rings. The van der Waals surface area contributed by atoms with Crippen molar-refractivity contribution in [1.82, 2.24) is 9.55 Å². The van der Waals surface area contributed by atoms with Crippen LogP contribution in [0.15, 0.2) is 20.9 Å². The number of hydrogen-bond donors (Lipinski definition) is 3. The molecule has 1 saturated heterocycles. The number of aliphatic hydroxyl groups is 2. The van der Waals surface area contributed by atoms with Crippen molar-refractivity contribution in [2.75, 3.05) is 6.61 Å². The minimum absolute atomic E-state index is 0.347. The van der Waals surface area contributed by atoms with Gasteiger partial charge in [-0.1, -0.05) is 5.11 Å². The van der Waals surface area contributed by atoms with Crippen LogP contribution in [0, 0.1) is 11.3 Å². The van der Waals surface area contributed by atoms with Gasteiger partial charge < -0.3 is 14.9 Å². The normalized spacial score (nSPS) is 27.9. The lowest BCUT2D eigenvalue weighted by Gasteiger charge is -2.17. The molecule has 4 atom stereocenters. The fraction of sp³-hybridized carbons (Fsp3) is 0.500. The molecule has 1 aromatic rings. The van der Waals surface area contributed by atoms with Crippen molar-refractivity contribution in [2.45, 2.75) is 24.5 Å². The molecule has 0 bridgehead atoms. The molecule has 0 aromatic carbocycles. The number of aromatic nitrogens is 2. The van der Waals surface area contributed by atoms with Gasteiger partial charge in [-0.3, -0.25) is 14.3 Å². The van der Waals surface area contributed by atoms with Crippen LogP contribution in [0.5, 0.6) is 0 Å². The Morgan fingerprint density at radius 1 is 1.62 bits per heavy atom. The summed E-state index contributed by atoms with van der Waals surface area (Å²) in [4.78, 5) is 27.6. The molecule has 0 aliphatic carbocycles. The Hall–Kier alpha value is -2.64. The molecule has 11 heteroatoms. The Kier molecular flexibility index (Phi) is 4.06. The number of azide groups is 1. The maximum atomic E-state index is 11.8. The zero-order valence-electron chi connectivity index (χ0n) is 10.4. The Morgan fingerprint density at radius 3 is 2.90 bits per heavy atom. The van der Waals surface area contributed by atoms with E-state index in [1.165, 1.54) is 0 Å². The average molecular weight is 294 g/mol. The quantitative estimate of drug-likeness (QED) is 0.341. The molecule has 1 fully saturated rings.